The van der Waals surface area contributed by atoms with Gasteiger partial charge in [-0.15, -0.1) is 11.8 Å². The molecular weight excluding hydrogens is 278 g/mol. The first kappa shape index (κ1) is 15.6. The van der Waals surface area contributed by atoms with Gasteiger partial charge in [0.25, 0.3) is 0 Å². The number of nitrogens with one attached hydrogen (secondary N) is 1. The summed E-state index contributed by atoms with van der Waals surface area (Å²) >= 11 is 1.82. The molecule has 0 heterocycles. The van der Waals surface area contributed by atoms with Crippen molar-refractivity contribution < 1.29 is 4.79 Å². The molecule has 2 rings (SSSR count). The van der Waals surface area contributed by atoms with E-state index in [4.69, 9.17) is 0 Å². The number of carbonyl (C=O) groups excluding carboxylic acids is 1. The summed E-state index contributed by atoms with van der Waals surface area (Å²) in [5.74, 6) is 0.929. The van der Waals surface area contributed by atoms with Crippen LogP contribution in [0.2, 0.25) is 0 Å². The first-order valence-electron chi connectivity index (χ1n) is 7.03. The van der Waals surface area contributed by atoms with Crippen LogP contribution in [0.1, 0.15) is 29.2 Å². The van der Waals surface area contributed by atoms with Gasteiger partial charge >= 0.3 is 0 Å². The van der Waals surface area contributed by atoms with Crippen LogP contribution in [0.5, 0.6) is 0 Å². The Morgan fingerprint density at radius 3 is 2.14 bits per heavy atom. The molecule has 0 aliphatic carbocycles. The van der Waals surface area contributed by atoms with Gasteiger partial charge in [0.15, 0.2) is 0 Å². The predicted molar refractivity (Wildman–Crippen MR) is 91.0 cm³/mol. The van der Waals surface area contributed by atoms with Gasteiger partial charge in [0.2, 0.25) is 5.91 Å². The van der Waals surface area contributed by atoms with Crippen molar-refractivity contribution in [2.45, 2.75) is 38.3 Å². The third kappa shape index (κ3) is 4.36. The fourth-order valence-electron chi connectivity index (χ4n) is 2.43. The molecule has 2 aromatic rings. The molecule has 0 spiro atoms. The van der Waals surface area contributed by atoms with E-state index in [-0.39, 0.29) is 5.91 Å². The number of rotatable bonds is 4. The van der Waals surface area contributed by atoms with Crippen LogP contribution in [0.4, 0.5) is 5.69 Å². The lowest BCUT2D eigenvalue weighted by Crippen LogP contribution is -2.05. The summed E-state index contributed by atoms with van der Waals surface area (Å²) in [6, 6.07) is 12.5. The summed E-state index contributed by atoms with van der Waals surface area (Å²) in [5, 5.41) is 2.78. The molecule has 21 heavy (non-hydrogen) atoms. The molecule has 3 heteroatoms. The van der Waals surface area contributed by atoms with Crippen LogP contribution in [0.3, 0.4) is 0 Å². The van der Waals surface area contributed by atoms with E-state index in [0.717, 1.165) is 11.4 Å². The number of benzene rings is 2. The fourth-order valence-corrected chi connectivity index (χ4v) is 3.53. The van der Waals surface area contributed by atoms with E-state index in [1.165, 1.54) is 34.1 Å². The Hall–Kier alpha value is -1.74. The summed E-state index contributed by atoms with van der Waals surface area (Å²) in [6.45, 7) is 8.01. The minimum atomic E-state index is -0.0405. The molecular formula is C18H21NOS. The fraction of sp³-hybridized carbons (Fsp3) is 0.278. The molecule has 2 aromatic carbocycles. The lowest BCUT2D eigenvalue weighted by atomic mass is 10.0. The van der Waals surface area contributed by atoms with Crippen molar-refractivity contribution in [3.63, 3.8) is 0 Å². The van der Waals surface area contributed by atoms with E-state index in [9.17, 15) is 4.79 Å². The smallest absolute Gasteiger partial charge is 0.221 e. The van der Waals surface area contributed by atoms with Crippen LogP contribution in [-0.2, 0) is 10.5 Å². The third-order valence-electron chi connectivity index (χ3n) is 3.40. The first-order chi connectivity index (χ1) is 9.95. The molecule has 0 radical (unpaired) electrons. The minimum Gasteiger partial charge on any atom is -0.326 e. The second kappa shape index (κ2) is 6.81. The van der Waals surface area contributed by atoms with Gasteiger partial charge in [-0.2, -0.15) is 0 Å². The normalized spacial score (nSPS) is 10.5. The highest BCUT2D eigenvalue weighted by molar-refractivity contribution is 7.98. The van der Waals surface area contributed by atoms with Crippen molar-refractivity contribution in [3.8, 4) is 0 Å². The molecule has 1 N–H and O–H groups in total. The SMILES string of the molecule is CC(=O)Nc1ccc(SCc2c(C)cc(C)cc2C)cc1. The quantitative estimate of drug-likeness (QED) is 0.817. The molecule has 0 unspecified atom stereocenters. The summed E-state index contributed by atoms with van der Waals surface area (Å²) < 4.78 is 0. The number of thioether (sulfide) groups is 1. The maximum atomic E-state index is 11.0. The molecule has 0 saturated carbocycles. The highest BCUT2D eigenvalue weighted by atomic mass is 32.2. The van der Waals surface area contributed by atoms with E-state index in [1.807, 2.05) is 23.9 Å². The Bertz CT molecular complexity index is 624. The molecule has 110 valence electrons. The largest absolute Gasteiger partial charge is 0.326 e. The molecule has 0 saturated heterocycles. The lowest BCUT2D eigenvalue weighted by molar-refractivity contribution is -0.114. The molecule has 0 aromatic heterocycles. The molecule has 2 nitrogen and oxygen atoms in total. The van der Waals surface area contributed by atoms with Crippen molar-refractivity contribution in [2.24, 2.45) is 0 Å². The predicted octanol–water partition coefficient (Wildman–Crippen LogP) is 4.86. The Morgan fingerprint density at radius 1 is 1.05 bits per heavy atom. The van der Waals surface area contributed by atoms with Gasteiger partial charge < -0.3 is 5.32 Å². The Labute approximate surface area is 131 Å². The minimum absolute atomic E-state index is 0.0405. The number of hydrogen-bond donors (Lipinski definition) is 1. The number of aryl methyl sites for hydroxylation is 3. The van der Waals surface area contributed by atoms with Crippen LogP contribution in [0.25, 0.3) is 0 Å². The number of anilines is 1. The number of carbonyl (C=O) groups is 1. The number of amides is 1. The van der Waals surface area contributed by atoms with E-state index in [2.05, 4.69) is 50.4 Å². The van der Waals surface area contributed by atoms with Gasteiger partial charge in [-0.1, -0.05) is 17.7 Å². The monoisotopic (exact) mass is 299 g/mol. The molecule has 0 aliphatic rings. The van der Waals surface area contributed by atoms with E-state index >= 15 is 0 Å². The molecule has 0 aliphatic heterocycles. The van der Waals surface area contributed by atoms with Crippen molar-refractivity contribution in [2.75, 3.05) is 5.32 Å². The zero-order valence-corrected chi connectivity index (χ0v) is 13.8. The second-order valence-electron chi connectivity index (χ2n) is 5.37. The molecule has 0 bridgehead atoms. The molecule has 1 amide bonds. The first-order valence-corrected chi connectivity index (χ1v) is 8.01. The summed E-state index contributed by atoms with van der Waals surface area (Å²) in [7, 11) is 0. The average molecular weight is 299 g/mol. The maximum Gasteiger partial charge on any atom is 0.221 e. The second-order valence-corrected chi connectivity index (χ2v) is 6.42. The Morgan fingerprint density at radius 2 is 1.62 bits per heavy atom. The van der Waals surface area contributed by atoms with Crippen LogP contribution < -0.4 is 5.32 Å². The maximum absolute atomic E-state index is 11.0. The summed E-state index contributed by atoms with van der Waals surface area (Å²) in [6.07, 6.45) is 0. The topological polar surface area (TPSA) is 29.1 Å². The zero-order valence-electron chi connectivity index (χ0n) is 13.0. The van der Waals surface area contributed by atoms with E-state index < -0.39 is 0 Å². The highest BCUT2D eigenvalue weighted by Crippen LogP contribution is 2.27. The standard InChI is InChI=1S/C18H21NOS/c1-12-9-13(2)18(14(3)10-12)11-21-17-7-5-16(6-8-17)19-15(4)20/h5-10H,11H2,1-4H3,(H,19,20). The Balaban J connectivity index is 2.05. The van der Waals surface area contributed by atoms with Crippen molar-refractivity contribution in [1.82, 2.24) is 0 Å². The third-order valence-corrected chi connectivity index (χ3v) is 4.44. The van der Waals surface area contributed by atoms with Gasteiger partial charge in [0.05, 0.1) is 0 Å². The Kier molecular flexibility index (Phi) is 5.07. The van der Waals surface area contributed by atoms with Gasteiger partial charge in [0, 0.05) is 23.3 Å². The van der Waals surface area contributed by atoms with Gasteiger partial charge in [-0.05, 0) is 61.7 Å². The van der Waals surface area contributed by atoms with E-state index in [1.54, 1.807) is 0 Å². The summed E-state index contributed by atoms with van der Waals surface area (Å²) in [5.41, 5.74) is 6.29. The lowest BCUT2D eigenvalue weighted by Gasteiger charge is -2.11. The highest BCUT2D eigenvalue weighted by Gasteiger charge is 2.05. The zero-order chi connectivity index (χ0) is 15.4. The molecule has 0 atom stereocenters. The van der Waals surface area contributed by atoms with Crippen LogP contribution in [-0.4, -0.2) is 5.91 Å². The number of hydrogen-bond acceptors (Lipinski definition) is 2. The van der Waals surface area contributed by atoms with Crippen LogP contribution in [0, 0.1) is 20.8 Å². The van der Waals surface area contributed by atoms with Gasteiger partial charge in [0.1, 0.15) is 0 Å². The van der Waals surface area contributed by atoms with Gasteiger partial charge in [-0.25, -0.2) is 0 Å². The van der Waals surface area contributed by atoms with E-state index in [0.29, 0.717) is 0 Å². The molecule has 0 fully saturated rings. The van der Waals surface area contributed by atoms with Crippen LogP contribution >= 0.6 is 11.8 Å². The van der Waals surface area contributed by atoms with Gasteiger partial charge in [-0.3, -0.25) is 4.79 Å². The van der Waals surface area contributed by atoms with Crippen molar-refractivity contribution in [1.29, 1.82) is 0 Å². The van der Waals surface area contributed by atoms with Crippen LogP contribution in [0.15, 0.2) is 41.3 Å². The summed E-state index contributed by atoms with van der Waals surface area (Å²) in [4.78, 5) is 12.2. The van der Waals surface area contributed by atoms with Crippen molar-refractivity contribution in [3.05, 3.63) is 58.7 Å². The average Bonchev–Trinajstić information content (AvgIpc) is 2.38. The van der Waals surface area contributed by atoms with Crippen molar-refractivity contribution >= 4 is 23.4 Å².